The summed E-state index contributed by atoms with van der Waals surface area (Å²) in [5.41, 5.74) is 3.38. The molecule has 0 aliphatic rings. The van der Waals surface area contributed by atoms with Gasteiger partial charge in [0.05, 0.1) is 13.4 Å². The molecule has 0 spiro atoms. The van der Waals surface area contributed by atoms with Crippen molar-refractivity contribution in [2.24, 2.45) is 0 Å². The number of aryl methyl sites for hydroxylation is 1. The summed E-state index contributed by atoms with van der Waals surface area (Å²) < 4.78 is 11.0. The molecule has 0 radical (unpaired) electrons. The maximum Gasteiger partial charge on any atom is 0.175 e. The fourth-order valence-corrected chi connectivity index (χ4v) is 2.02. The van der Waals surface area contributed by atoms with Crippen LogP contribution < -0.4 is 10.1 Å². The van der Waals surface area contributed by atoms with Gasteiger partial charge < -0.3 is 14.5 Å². The molecule has 0 saturated carbocycles. The number of nitrogens with one attached hydrogen (secondary N) is 1. The summed E-state index contributed by atoms with van der Waals surface area (Å²) in [6, 6.07) is 4.25. The van der Waals surface area contributed by atoms with Crippen LogP contribution >= 0.6 is 0 Å². The second-order valence-corrected chi connectivity index (χ2v) is 4.14. The molecule has 0 fully saturated rings. The van der Waals surface area contributed by atoms with Crippen molar-refractivity contribution in [2.45, 2.75) is 19.8 Å². The van der Waals surface area contributed by atoms with E-state index in [-0.39, 0.29) is 0 Å². The molecule has 0 aliphatic heterocycles. The Bertz CT molecular complexity index is 502. The lowest BCUT2D eigenvalue weighted by Crippen LogP contribution is -2.09. The first-order valence-corrected chi connectivity index (χ1v) is 6.01. The number of fused-ring (bicyclic) bond motifs is 1. The number of ether oxygens (including phenoxy) is 1. The highest BCUT2D eigenvalue weighted by Gasteiger charge is 2.11. The zero-order valence-electron chi connectivity index (χ0n) is 10.7. The molecule has 1 N–H and O–H groups in total. The van der Waals surface area contributed by atoms with E-state index in [9.17, 15) is 0 Å². The van der Waals surface area contributed by atoms with Crippen LogP contribution in [-0.4, -0.2) is 20.7 Å². The molecule has 0 bridgehead atoms. The van der Waals surface area contributed by atoms with E-state index in [2.05, 4.69) is 18.3 Å². The van der Waals surface area contributed by atoms with Crippen molar-refractivity contribution in [1.29, 1.82) is 0 Å². The molecule has 3 nitrogen and oxygen atoms in total. The van der Waals surface area contributed by atoms with Gasteiger partial charge in [0.2, 0.25) is 0 Å². The van der Waals surface area contributed by atoms with Crippen LogP contribution in [0.15, 0.2) is 22.8 Å². The molecule has 2 aromatic rings. The van der Waals surface area contributed by atoms with Gasteiger partial charge in [0, 0.05) is 5.39 Å². The second kappa shape index (κ2) is 5.23. The number of benzene rings is 1. The first kappa shape index (κ1) is 12.0. The second-order valence-electron chi connectivity index (χ2n) is 4.14. The molecule has 0 atom stereocenters. The normalized spacial score (nSPS) is 11.0. The van der Waals surface area contributed by atoms with Gasteiger partial charge >= 0.3 is 0 Å². The number of methoxy groups -OCH3 is 1. The highest BCUT2D eigenvalue weighted by atomic mass is 16.5. The summed E-state index contributed by atoms with van der Waals surface area (Å²) in [4.78, 5) is 0. The molecule has 0 amide bonds. The largest absolute Gasteiger partial charge is 0.493 e. The molecule has 1 aromatic heterocycles. The van der Waals surface area contributed by atoms with E-state index in [1.165, 1.54) is 16.5 Å². The van der Waals surface area contributed by atoms with Gasteiger partial charge in [-0.1, -0.05) is 6.92 Å². The van der Waals surface area contributed by atoms with Crippen LogP contribution in [0.3, 0.4) is 0 Å². The van der Waals surface area contributed by atoms with Crippen molar-refractivity contribution in [3.05, 3.63) is 29.5 Å². The van der Waals surface area contributed by atoms with Crippen molar-refractivity contribution >= 4 is 11.0 Å². The Morgan fingerprint density at radius 1 is 1.35 bits per heavy atom. The van der Waals surface area contributed by atoms with Crippen LogP contribution in [0, 0.1) is 0 Å². The monoisotopic (exact) mass is 233 g/mol. The van der Waals surface area contributed by atoms with Crippen LogP contribution in [0.4, 0.5) is 0 Å². The lowest BCUT2D eigenvalue weighted by Gasteiger charge is -2.05. The van der Waals surface area contributed by atoms with Gasteiger partial charge in [-0.05, 0) is 49.7 Å². The first-order valence-electron chi connectivity index (χ1n) is 6.01. The summed E-state index contributed by atoms with van der Waals surface area (Å²) >= 11 is 0. The Kier molecular flexibility index (Phi) is 3.69. The van der Waals surface area contributed by atoms with Gasteiger partial charge in [-0.2, -0.15) is 0 Å². The van der Waals surface area contributed by atoms with Gasteiger partial charge in [0.15, 0.2) is 11.3 Å². The number of likely N-dealkylation sites (N-methyl/N-ethyl adjacent to an activating group) is 1. The average Bonchev–Trinajstić information content (AvgIpc) is 2.78. The fraction of sp³-hybridized carbons (Fsp3) is 0.429. The van der Waals surface area contributed by atoms with E-state index >= 15 is 0 Å². The van der Waals surface area contributed by atoms with Gasteiger partial charge in [0.1, 0.15) is 0 Å². The Hall–Kier alpha value is -1.48. The SMILES string of the molecule is CCc1cc(OC)c2occ(CCNC)c2c1. The lowest BCUT2D eigenvalue weighted by molar-refractivity contribution is 0.409. The Balaban J connectivity index is 2.50. The quantitative estimate of drug-likeness (QED) is 0.862. The van der Waals surface area contributed by atoms with E-state index in [1.54, 1.807) is 7.11 Å². The predicted molar refractivity (Wildman–Crippen MR) is 69.8 cm³/mol. The fourth-order valence-electron chi connectivity index (χ4n) is 2.02. The van der Waals surface area contributed by atoms with E-state index in [0.29, 0.717) is 0 Å². The molecule has 17 heavy (non-hydrogen) atoms. The van der Waals surface area contributed by atoms with Gasteiger partial charge in [0.25, 0.3) is 0 Å². The Morgan fingerprint density at radius 2 is 2.18 bits per heavy atom. The standard InChI is InChI=1S/C14H19NO2/c1-4-10-7-12-11(5-6-15-2)9-17-14(12)13(8-10)16-3/h7-9,15H,4-6H2,1-3H3. The van der Waals surface area contributed by atoms with Crippen LogP contribution in [0.1, 0.15) is 18.1 Å². The highest BCUT2D eigenvalue weighted by molar-refractivity contribution is 5.87. The summed E-state index contributed by atoms with van der Waals surface area (Å²) in [6.45, 7) is 3.10. The number of hydrogen-bond acceptors (Lipinski definition) is 3. The third kappa shape index (κ3) is 2.29. The van der Waals surface area contributed by atoms with Crippen molar-refractivity contribution < 1.29 is 9.15 Å². The number of rotatable bonds is 5. The maximum atomic E-state index is 5.61. The Morgan fingerprint density at radius 3 is 2.82 bits per heavy atom. The molecule has 0 unspecified atom stereocenters. The van der Waals surface area contributed by atoms with E-state index in [1.807, 2.05) is 19.4 Å². The van der Waals surface area contributed by atoms with E-state index in [4.69, 9.17) is 9.15 Å². The molecule has 3 heteroatoms. The van der Waals surface area contributed by atoms with E-state index in [0.717, 1.165) is 30.7 Å². The summed E-state index contributed by atoms with van der Waals surface area (Å²) in [5.74, 6) is 0.829. The summed E-state index contributed by atoms with van der Waals surface area (Å²) in [5, 5.41) is 4.33. The molecule has 92 valence electrons. The minimum atomic E-state index is 0.829. The molecular formula is C14H19NO2. The minimum absolute atomic E-state index is 0.829. The molecule has 1 aromatic carbocycles. The number of furan rings is 1. The van der Waals surface area contributed by atoms with Gasteiger partial charge in [-0.3, -0.25) is 0 Å². The van der Waals surface area contributed by atoms with Crippen molar-refractivity contribution in [3.8, 4) is 5.75 Å². The lowest BCUT2D eigenvalue weighted by atomic mass is 10.1. The van der Waals surface area contributed by atoms with E-state index < -0.39 is 0 Å². The predicted octanol–water partition coefficient (Wildman–Crippen LogP) is 2.77. The summed E-state index contributed by atoms with van der Waals surface area (Å²) in [6.07, 6.45) is 3.81. The van der Waals surface area contributed by atoms with Crippen molar-refractivity contribution in [1.82, 2.24) is 5.32 Å². The molecule has 0 aliphatic carbocycles. The van der Waals surface area contributed by atoms with Crippen molar-refractivity contribution in [3.63, 3.8) is 0 Å². The molecule has 0 saturated heterocycles. The zero-order chi connectivity index (χ0) is 12.3. The van der Waals surface area contributed by atoms with Crippen LogP contribution in [0.5, 0.6) is 5.75 Å². The third-order valence-electron chi connectivity index (χ3n) is 3.05. The van der Waals surface area contributed by atoms with Gasteiger partial charge in [-0.15, -0.1) is 0 Å². The Labute approximate surface area is 102 Å². The smallest absolute Gasteiger partial charge is 0.175 e. The van der Waals surface area contributed by atoms with Crippen LogP contribution in [0.25, 0.3) is 11.0 Å². The van der Waals surface area contributed by atoms with Crippen molar-refractivity contribution in [2.75, 3.05) is 20.7 Å². The highest BCUT2D eigenvalue weighted by Crippen LogP contribution is 2.31. The first-order chi connectivity index (χ1) is 8.30. The maximum absolute atomic E-state index is 5.61. The summed E-state index contributed by atoms with van der Waals surface area (Å²) in [7, 11) is 3.64. The van der Waals surface area contributed by atoms with Gasteiger partial charge in [-0.25, -0.2) is 0 Å². The molecular weight excluding hydrogens is 214 g/mol. The number of hydrogen-bond donors (Lipinski definition) is 1. The molecule has 2 rings (SSSR count). The third-order valence-corrected chi connectivity index (χ3v) is 3.05. The van der Waals surface area contributed by atoms with Crippen LogP contribution in [0.2, 0.25) is 0 Å². The molecule has 1 heterocycles. The minimum Gasteiger partial charge on any atom is -0.493 e. The van der Waals surface area contributed by atoms with Crippen LogP contribution in [-0.2, 0) is 12.8 Å². The topological polar surface area (TPSA) is 34.4 Å². The zero-order valence-corrected chi connectivity index (χ0v) is 10.7. The average molecular weight is 233 g/mol.